The topological polar surface area (TPSA) is 73.6 Å². The van der Waals surface area contributed by atoms with E-state index in [-0.39, 0.29) is 5.91 Å². The molecule has 7 nitrogen and oxygen atoms in total. The molecule has 1 fully saturated rings. The van der Waals surface area contributed by atoms with Gasteiger partial charge in [-0.3, -0.25) is 14.4 Å². The Hall–Kier alpha value is -2.22. The molecule has 1 saturated heterocycles. The summed E-state index contributed by atoms with van der Waals surface area (Å²) in [6.45, 7) is 7.81. The molecular formula is C23H35N5O2. The Morgan fingerprint density at radius 2 is 1.93 bits per heavy atom. The number of amides is 1. The monoisotopic (exact) mass is 413 g/mol. The Balaban J connectivity index is 1.39. The van der Waals surface area contributed by atoms with Crippen LogP contribution < -0.4 is 5.32 Å². The Labute approximate surface area is 179 Å². The van der Waals surface area contributed by atoms with Crippen molar-refractivity contribution < 1.29 is 9.90 Å². The molecule has 164 valence electrons. The summed E-state index contributed by atoms with van der Waals surface area (Å²) in [7, 11) is 3.89. The number of rotatable bonds is 8. The number of nitrogens with one attached hydrogen (secondary N) is 1. The van der Waals surface area contributed by atoms with Gasteiger partial charge in [-0.1, -0.05) is 30.3 Å². The number of nitrogens with zero attached hydrogens (tertiary/aromatic N) is 4. The van der Waals surface area contributed by atoms with Crippen LogP contribution in [-0.4, -0.2) is 70.4 Å². The molecule has 2 aromatic rings. The number of piperidine rings is 1. The van der Waals surface area contributed by atoms with Crippen molar-refractivity contribution in [2.24, 2.45) is 13.0 Å². The summed E-state index contributed by atoms with van der Waals surface area (Å²) in [5.74, 6) is 0.579. The number of hydrogen-bond donors (Lipinski definition) is 2. The molecule has 0 saturated carbocycles. The number of likely N-dealkylation sites (N-methyl/N-ethyl adjacent to an activating group) is 1. The van der Waals surface area contributed by atoms with E-state index in [1.54, 1.807) is 4.68 Å². The van der Waals surface area contributed by atoms with Gasteiger partial charge in [0, 0.05) is 20.1 Å². The van der Waals surface area contributed by atoms with Gasteiger partial charge in [0.05, 0.1) is 29.7 Å². The Bertz CT molecular complexity index is 828. The van der Waals surface area contributed by atoms with Gasteiger partial charge in [0.1, 0.15) is 0 Å². The molecule has 1 atom stereocenters. The number of carbonyl (C=O) groups is 1. The molecule has 0 spiro atoms. The SMILES string of the molecule is Cc1nn(C)c(C)c1NC(=O)CN(C)CC1CCN(CC(O)c2ccccc2)CC1. The second kappa shape index (κ2) is 10.2. The van der Waals surface area contributed by atoms with Crippen molar-refractivity contribution in [3.05, 3.63) is 47.3 Å². The van der Waals surface area contributed by atoms with Crippen molar-refractivity contribution in [1.82, 2.24) is 19.6 Å². The van der Waals surface area contributed by atoms with Crippen molar-refractivity contribution in [1.29, 1.82) is 0 Å². The maximum atomic E-state index is 12.5. The standard InChI is InChI=1S/C23H35N5O2/c1-17-23(18(2)27(4)25-17)24-22(30)16-26(3)14-19-10-12-28(13-11-19)15-21(29)20-8-6-5-7-9-20/h5-9,19,21,29H,10-16H2,1-4H3,(H,24,30). The van der Waals surface area contributed by atoms with Gasteiger partial charge in [0.15, 0.2) is 0 Å². The molecule has 0 radical (unpaired) electrons. The molecule has 2 heterocycles. The molecule has 7 heteroatoms. The summed E-state index contributed by atoms with van der Waals surface area (Å²) in [6, 6.07) is 9.86. The average molecular weight is 414 g/mol. The van der Waals surface area contributed by atoms with Crippen molar-refractivity contribution in [2.75, 3.05) is 45.1 Å². The summed E-state index contributed by atoms with van der Waals surface area (Å²) in [5, 5.41) is 17.8. The fraction of sp³-hybridized carbons (Fsp3) is 0.565. The Kier molecular flexibility index (Phi) is 7.64. The van der Waals surface area contributed by atoms with Crippen molar-refractivity contribution in [3.8, 4) is 0 Å². The lowest BCUT2D eigenvalue weighted by molar-refractivity contribution is -0.117. The average Bonchev–Trinajstić information content (AvgIpc) is 2.96. The summed E-state index contributed by atoms with van der Waals surface area (Å²) in [5.41, 5.74) is 3.61. The summed E-state index contributed by atoms with van der Waals surface area (Å²) in [6.07, 6.45) is 1.75. The number of benzene rings is 1. The highest BCUT2D eigenvalue weighted by atomic mass is 16.3. The van der Waals surface area contributed by atoms with Gasteiger partial charge >= 0.3 is 0 Å². The lowest BCUT2D eigenvalue weighted by atomic mass is 9.95. The molecule has 1 unspecified atom stereocenters. The zero-order valence-electron chi connectivity index (χ0n) is 18.6. The number of aromatic nitrogens is 2. The number of β-amino-alcohol motifs (C(OH)–C–C–N with tert-alkyl or cyclic N) is 1. The zero-order valence-corrected chi connectivity index (χ0v) is 18.6. The van der Waals surface area contributed by atoms with Crippen LogP contribution in [0.1, 0.15) is 35.9 Å². The molecular weight excluding hydrogens is 378 g/mol. The quantitative estimate of drug-likeness (QED) is 0.695. The van der Waals surface area contributed by atoms with E-state index in [9.17, 15) is 9.90 Å². The van der Waals surface area contributed by atoms with E-state index in [4.69, 9.17) is 0 Å². The number of aliphatic hydroxyl groups excluding tert-OH is 1. The third-order valence-corrected chi connectivity index (χ3v) is 6.08. The van der Waals surface area contributed by atoms with E-state index in [0.717, 1.165) is 55.1 Å². The number of aryl methyl sites for hydroxylation is 2. The number of likely N-dealkylation sites (tertiary alicyclic amines) is 1. The zero-order chi connectivity index (χ0) is 21.7. The lowest BCUT2D eigenvalue weighted by Gasteiger charge is -2.34. The first-order valence-electron chi connectivity index (χ1n) is 10.8. The van der Waals surface area contributed by atoms with E-state index < -0.39 is 6.10 Å². The van der Waals surface area contributed by atoms with Crippen LogP contribution in [0.2, 0.25) is 0 Å². The maximum absolute atomic E-state index is 12.5. The van der Waals surface area contributed by atoms with Crippen LogP contribution in [0.5, 0.6) is 0 Å². The summed E-state index contributed by atoms with van der Waals surface area (Å²) < 4.78 is 1.79. The minimum atomic E-state index is -0.437. The molecule has 3 rings (SSSR count). The molecule has 0 aliphatic carbocycles. The molecule has 0 bridgehead atoms. The highest BCUT2D eigenvalue weighted by molar-refractivity contribution is 5.93. The van der Waals surface area contributed by atoms with Crippen molar-refractivity contribution in [3.63, 3.8) is 0 Å². The first-order chi connectivity index (χ1) is 14.3. The van der Waals surface area contributed by atoms with Crippen LogP contribution in [0, 0.1) is 19.8 Å². The number of hydrogen-bond acceptors (Lipinski definition) is 5. The molecule has 1 aliphatic rings. The van der Waals surface area contributed by atoms with E-state index in [0.29, 0.717) is 19.0 Å². The van der Waals surface area contributed by atoms with Gasteiger partial charge in [0.2, 0.25) is 5.91 Å². The van der Waals surface area contributed by atoms with Crippen LogP contribution in [0.3, 0.4) is 0 Å². The van der Waals surface area contributed by atoms with Gasteiger partial charge in [-0.15, -0.1) is 0 Å². The second-order valence-corrected chi connectivity index (χ2v) is 8.58. The highest BCUT2D eigenvalue weighted by Gasteiger charge is 2.23. The van der Waals surface area contributed by atoms with Gasteiger partial charge in [0.25, 0.3) is 0 Å². The van der Waals surface area contributed by atoms with Crippen molar-refractivity contribution >= 4 is 11.6 Å². The third-order valence-electron chi connectivity index (χ3n) is 6.08. The Morgan fingerprint density at radius 3 is 2.53 bits per heavy atom. The molecule has 1 amide bonds. The van der Waals surface area contributed by atoms with Gasteiger partial charge in [-0.2, -0.15) is 5.10 Å². The van der Waals surface area contributed by atoms with Crippen LogP contribution in [0.15, 0.2) is 30.3 Å². The predicted octanol–water partition coefficient (Wildman–Crippen LogP) is 2.35. The van der Waals surface area contributed by atoms with Gasteiger partial charge < -0.3 is 15.3 Å². The number of anilines is 1. The van der Waals surface area contributed by atoms with Gasteiger partial charge in [-0.05, 0) is 58.3 Å². The lowest BCUT2D eigenvalue weighted by Crippen LogP contribution is -2.41. The maximum Gasteiger partial charge on any atom is 0.238 e. The molecule has 1 aliphatic heterocycles. The normalized spacial score (nSPS) is 16.7. The predicted molar refractivity (Wildman–Crippen MR) is 119 cm³/mol. The fourth-order valence-electron chi connectivity index (χ4n) is 4.26. The third kappa shape index (κ3) is 5.90. The fourth-order valence-corrected chi connectivity index (χ4v) is 4.26. The van der Waals surface area contributed by atoms with E-state index in [2.05, 4.69) is 20.2 Å². The molecule has 1 aromatic heterocycles. The largest absolute Gasteiger partial charge is 0.387 e. The van der Waals surface area contributed by atoms with E-state index in [1.165, 1.54) is 0 Å². The Morgan fingerprint density at radius 1 is 1.27 bits per heavy atom. The van der Waals surface area contributed by atoms with Crippen LogP contribution in [-0.2, 0) is 11.8 Å². The summed E-state index contributed by atoms with van der Waals surface area (Å²) in [4.78, 5) is 16.9. The molecule has 30 heavy (non-hydrogen) atoms. The van der Waals surface area contributed by atoms with Gasteiger partial charge in [-0.25, -0.2) is 0 Å². The number of aliphatic hydroxyl groups is 1. The number of carbonyl (C=O) groups excluding carboxylic acids is 1. The minimum absolute atomic E-state index is 0.000111. The molecule has 2 N–H and O–H groups in total. The molecule has 1 aromatic carbocycles. The van der Waals surface area contributed by atoms with E-state index in [1.807, 2.05) is 58.3 Å². The first kappa shape index (κ1) is 22.5. The van der Waals surface area contributed by atoms with E-state index >= 15 is 0 Å². The highest BCUT2D eigenvalue weighted by Crippen LogP contribution is 2.22. The van der Waals surface area contributed by atoms with Crippen LogP contribution in [0.25, 0.3) is 0 Å². The minimum Gasteiger partial charge on any atom is -0.387 e. The first-order valence-corrected chi connectivity index (χ1v) is 10.8. The van der Waals surface area contributed by atoms with Crippen LogP contribution >= 0.6 is 0 Å². The van der Waals surface area contributed by atoms with Crippen molar-refractivity contribution in [2.45, 2.75) is 32.8 Å². The van der Waals surface area contributed by atoms with Crippen LogP contribution in [0.4, 0.5) is 5.69 Å². The second-order valence-electron chi connectivity index (χ2n) is 8.58. The summed E-state index contributed by atoms with van der Waals surface area (Å²) >= 11 is 0. The smallest absolute Gasteiger partial charge is 0.238 e.